The summed E-state index contributed by atoms with van der Waals surface area (Å²) >= 11 is 0. The van der Waals surface area contributed by atoms with E-state index in [1.165, 1.54) is 5.56 Å². The zero-order valence-electron chi connectivity index (χ0n) is 38.5. The number of hydrogen-bond acceptors (Lipinski definition) is 10. The van der Waals surface area contributed by atoms with Crippen molar-refractivity contribution >= 4 is 74.2 Å². The van der Waals surface area contributed by atoms with Crippen molar-refractivity contribution in [2.45, 2.75) is 95.8 Å². The van der Waals surface area contributed by atoms with Gasteiger partial charge in [0.05, 0.1) is 24.4 Å². The van der Waals surface area contributed by atoms with E-state index >= 15 is 0 Å². The summed E-state index contributed by atoms with van der Waals surface area (Å²) in [4.78, 5) is 62.0. The number of aliphatic imine (C=N–C) groups is 1. The molecule has 0 bridgehead atoms. The minimum absolute atomic E-state index is 0.0216. The fraction of sp³-hybridized carbons (Fsp3) is 0.340. The molecule has 0 fully saturated rings. The maximum atomic E-state index is 14.1. The molecule has 4 aliphatic heterocycles. The normalized spacial score (nSPS) is 16.7. The van der Waals surface area contributed by atoms with Crippen LogP contribution in [0.2, 0.25) is 0 Å². The van der Waals surface area contributed by atoms with Crippen LogP contribution in [0.1, 0.15) is 93.6 Å². The highest BCUT2D eigenvalue weighted by Gasteiger charge is 2.38. The first-order valence-electron chi connectivity index (χ1n) is 22.8. The molecule has 5 aromatic rings. The number of hydrogen-bond donors (Lipinski definition) is 2. The van der Waals surface area contributed by atoms with Gasteiger partial charge in [0, 0.05) is 77.8 Å². The largest absolute Gasteiger partial charge is 0.493 e. The van der Waals surface area contributed by atoms with Crippen molar-refractivity contribution < 1.29 is 33.4 Å². The fourth-order valence-electron chi connectivity index (χ4n) is 9.46. The zero-order valence-corrected chi connectivity index (χ0v) is 40.1. The van der Waals surface area contributed by atoms with Gasteiger partial charge in [-0.25, -0.2) is 0 Å². The molecule has 4 aliphatic rings. The second-order valence-corrected chi connectivity index (χ2v) is 21.3. The van der Waals surface area contributed by atoms with E-state index in [-0.39, 0.29) is 60.1 Å². The molecule has 5 aromatic carbocycles. The van der Waals surface area contributed by atoms with Gasteiger partial charge < -0.3 is 29.7 Å². The zero-order chi connectivity index (χ0) is 46.8. The number of carbonyl (C=O) groups excluding carboxylic acids is 4. The third kappa shape index (κ3) is 9.92. The lowest BCUT2D eigenvalue weighted by molar-refractivity contribution is -0.120. The van der Waals surface area contributed by atoms with Crippen molar-refractivity contribution in [2.75, 3.05) is 35.0 Å². The van der Waals surface area contributed by atoms with E-state index in [9.17, 15) is 19.2 Å². The van der Waals surface area contributed by atoms with E-state index in [0.717, 1.165) is 70.6 Å². The van der Waals surface area contributed by atoms with E-state index in [0.29, 0.717) is 52.6 Å². The van der Waals surface area contributed by atoms with Crippen LogP contribution in [0.4, 0.5) is 22.7 Å². The quantitative estimate of drug-likeness (QED) is 0.0731. The third-order valence-corrected chi connectivity index (χ3v) is 16.1. The number of nitrogens with one attached hydrogen (secondary N) is 2. The van der Waals surface area contributed by atoms with Crippen molar-refractivity contribution in [2.24, 2.45) is 4.99 Å². The Morgan fingerprint density at radius 3 is 2.21 bits per heavy atom. The first-order chi connectivity index (χ1) is 32.4. The van der Waals surface area contributed by atoms with Crippen LogP contribution in [-0.4, -0.2) is 66.6 Å². The molecular formula is C53H55N5O7S2. The smallest absolute Gasteiger partial charge is 0.261 e. The molecule has 12 nitrogen and oxygen atoms in total. The number of anilines is 3. The maximum absolute atomic E-state index is 14.1. The molecule has 2 atom stereocenters. The highest BCUT2D eigenvalue weighted by Crippen LogP contribution is 2.43. The first kappa shape index (κ1) is 45.9. The van der Waals surface area contributed by atoms with Gasteiger partial charge in [-0.2, -0.15) is 0 Å². The first-order valence-corrected chi connectivity index (χ1v) is 25.1. The lowest BCUT2D eigenvalue weighted by Crippen LogP contribution is -2.37. The standard InChI is InChI=1S/C53H55N5O7S2/c1-32-19-42-43(55-29-40-24-37-12-7-9-14-45(37)58(40)52(42)62)27-46(32)64-30-33-20-34(22-38(21-33)56-50(60)28-53(2,3)67-66-18-10-15-49(59)54-4)31-65-48-25-35-16-17-39-23-36-11-6-8-13-44(36)57(39)51(61)41(35)26-47(48)63-5/h6-9,11-14,19-22,25-27,29,39-40H,10,15-18,23-24,28,30-31H2,1-5H3,(H,54,59)(H,56,60)/t39-,40+/m1/s1. The van der Waals surface area contributed by atoms with Gasteiger partial charge in [0.15, 0.2) is 11.5 Å². The van der Waals surface area contributed by atoms with Crippen molar-refractivity contribution in [3.8, 4) is 17.2 Å². The summed E-state index contributed by atoms with van der Waals surface area (Å²) in [6.07, 6.45) is 6.44. The number of methoxy groups -OCH3 is 1. The molecule has 9 rings (SSSR count). The van der Waals surface area contributed by atoms with E-state index in [1.54, 1.807) is 41.8 Å². The highest BCUT2D eigenvalue weighted by atomic mass is 33.1. The Bertz CT molecular complexity index is 2790. The fourth-order valence-corrected chi connectivity index (χ4v) is 12.1. The average Bonchev–Trinajstić information content (AvgIpc) is 3.81. The minimum atomic E-state index is -0.373. The molecule has 0 aromatic heterocycles. The van der Waals surface area contributed by atoms with Gasteiger partial charge in [0.25, 0.3) is 11.8 Å². The van der Waals surface area contributed by atoms with E-state index in [2.05, 4.69) is 22.8 Å². The Balaban J connectivity index is 0.938. The van der Waals surface area contributed by atoms with Crippen LogP contribution in [0.5, 0.6) is 17.2 Å². The van der Waals surface area contributed by atoms with Gasteiger partial charge in [-0.1, -0.05) is 58.0 Å². The number of nitrogens with zero attached hydrogens (tertiary/aromatic N) is 3. The summed E-state index contributed by atoms with van der Waals surface area (Å²) in [5, 5.41) is 5.79. The minimum Gasteiger partial charge on any atom is -0.493 e. The summed E-state index contributed by atoms with van der Waals surface area (Å²) in [6.45, 7) is 6.31. The molecule has 346 valence electrons. The van der Waals surface area contributed by atoms with Crippen molar-refractivity contribution in [3.05, 3.63) is 136 Å². The summed E-state index contributed by atoms with van der Waals surface area (Å²) in [7, 11) is 6.52. The molecular weight excluding hydrogens is 883 g/mol. The highest BCUT2D eigenvalue weighted by molar-refractivity contribution is 8.77. The number of fused-ring (bicyclic) bond motifs is 8. The number of amides is 4. The van der Waals surface area contributed by atoms with Crippen LogP contribution in [0.15, 0.2) is 96.0 Å². The molecule has 14 heteroatoms. The Hall–Kier alpha value is -6.25. The lowest BCUT2D eigenvalue weighted by Gasteiger charge is -2.23. The van der Waals surface area contributed by atoms with E-state index in [4.69, 9.17) is 19.2 Å². The van der Waals surface area contributed by atoms with Gasteiger partial charge in [-0.05, 0) is 128 Å². The Labute approximate surface area is 399 Å². The van der Waals surface area contributed by atoms with Crippen LogP contribution in [0.25, 0.3) is 0 Å². The Morgan fingerprint density at radius 1 is 0.791 bits per heavy atom. The molecule has 0 spiro atoms. The number of para-hydroxylation sites is 2. The second kappa shape index (κ2) is 19.5. The number of benzene rings is 5. The van der Waals surface area contributed by atoms with Crippen LogP contribution >= 0.6 is 21.6 Å². The molecule has 0 saturated heterocycles. The Kier molecular flexibility index (Phi) is 13.4. The van der Waals surface area contributed by atoms with Crippen LogP contribution < -0.4 is 34.6 Å². The van der Waals surface area contributed by atoms with Gasteiger partial charge >= 0.3 is 0 Å². The molecule has 2 N–H and O–H groups in total. The lowest BCUT2D eigenvalue weighted by atomic mass is 9.99. The van der Waals surface area contributed by atoms with Crippen molar-refractivity contribution in [1.82, 2.24) is 5.32 Å². The SMILES string of the molecule is CNC(=O)CCCSSC(C)(C)CC(=O)Nc1cc(COc2cc3c(cc2C)C(=O)N2c4ccccc4C[C@H]2C=N3)cc(COc2cc3c(cc2OC)C(=O)N2c4ccccc4C[C@H]2CC3)c1. The summed E-state index contributed by atoms with van der Waals surface area (Å²) in [5.74, 6) is 2.14. The van der Waals surface area contributed by atoms with Crippen molar-refractivity contribution in [3.63, 3.8) is 0 Å². The Morgan fingerprint density at radius 2 is 1.48 bits per heavy atom. The molecule has 67 heavy (non-hydrogen) atoms. The molecule has 0 aliphatic carbocycles. The monoisotopic (exact) mass is 937 g/mol. The number of aryl methyl sites for hydroxylation is 2. The molecule has 0 saturated carbocycles. The van der Waals surface area contributed by atoms with Crippen LogP contribution in [-0.2, 0) is 42.1 Å². The van der Waals surface area contributed by atoms with Gasteiger partial charge in [0.1, 0.15) is 19.0 Å². The molecule has 4 heterocycles. The predicted octanol–water partition coefficient (Wildman–Crippen LogP) is 9.98. The van der Waals surface area contributed by atoms with Crippen LogP contribution in [0.3, 0.4) is 0 Å². The molecule has 0 unspecified atom stereocenters. The van der Waals surface area contributed by atoms with Crippen LogP contribution in [0, 0.1) is 6.92 Å². The number of carbonyl (C=O) groups is 4. The summed E-state index contributed by atoms with van der Waals surface area (Å²) in [6, 6.07) is 29.3. The molecule has 4 amide bonds. The summed E-state index contributed by atoms with van der Waals surface area (Å²) < 4.78 is 18.5. The summed E-state index contributed by atoms with van der Waals surface area (Å²) in [5.41, 5.74) is 9.80. The topological polar surface area (TPSA) is 139 Å². The van der Waals surface area contributed by atoms with Gasteiger partial charge in [-0.3, -0.25) is 29.1 Å². The predicted molar refractivity (Wildman–Crippen MR) is 268 cm³/mol. The average molecular weight is 938 g/mol. The third-order valence-electron chi connectivity index (χ3n) is 12.7. The van der Waals surface area contributed by atoms with Gasteiger partial charge in [-0.15, -0.1) is 0 Å². The van der Waals surface area contributed by atoms with Crippen molar-refractivity contribution in [1.29, 1.82) is 0 Å². The number of rotatable bonds is 16. The van der Waals surface area contributed by atoms with E-state index < -0.39 is 0 Å². The van der Waals surface area contributed by atoms with E-state index in [1.807, 2.05) is 110 Å². The second-order valence-electron chi connectivity index (χ2n) is 18.1. The maximum Gasteiger partial charge on any atom is 0.261 e. The van der Waals surface area contributed by atoms with Gasteiger partial charge in [0.2, 0.25) is 11.8 Å². The molecule has 0 radical (unpaired) electrons. The number of ether oxygens (including phenoxy) is 3.